The molecule has 3 unspecified atom stereocenters. The van der Waals surface area contributed by atoms with Crippen LogP contribution in [0.15, 0.2) is 83.8 Å². The molecule has 3 atom stereocenters. The largest absolute Gasteiger partial charge is 0.412 e. The van der Waals surface area contributed by atoms with E-state index in [2.05, 4.69) is 53.5 Å². The number of hydrogen-bond acceptors (Lipinski definition) is 6. The molecular weight excluding hydrogens is 452 g/mol. The van der Waals surface area contributed by atoms with Gasteiger partial charge in [-0.2, -0.15) is 9.35 Å². The van der Waals surface area contributed by atoms with E-state index < -0.39 is 11.1 Å². The molecule has 0 spiro atoms. The van der Waals surface area contributed by atoms with Crippen LogP contribution in [0.2, 0.25) is 0 Å². The van der Waals surface area contributed by atoms with Crippen molar-refractivity contribution < 1.29 is 24.1 Å². The Kier molecular flexibility index (Phi) is 9.91. The lowest BCUT2D eigenvalue weighted by atomic mass is 9.99. The number of rotatable bonds is 9. The normalized spacial score (nSPS) is 19.4. The second kappa shape index (κ2) is 12.9. The van der Waals surface area contributed by atoms with Crippen molar-refractivity contribution in [3.8, 4) is 11.1 Å². The zero-order valence-electron chi connectivity index (χ0n) is 19.2. The van der Waals surface area contributed by atoms with Gasteiger partial charge in [-0.3, -0.25) is 5.26 Å². The van der Waals surface area contributed by atoms with Crippen molar-refractivity contribution in [3.63, 3.8) is 0 Å². The fourth-order valence-corrected chi connectivity index (χ4v) is 4.86. The number of aryl methyl sites for hydroxylation is 1. The van der Waals surface area contributed by atoms with Crippen LogP contribution in [0.4, 0.5) is 0 Å². The first-order valence-electron chi connectivity index (χ1n) is 11.2. The number of benzene rings is 3. The van der Waals surface area contributed by atoms with Crippen molar-refractivity contribution in [1.29, 1.82) is 0 Å². The Morgan fingerprint density at radius 1 is 1.00 bits per heavy atom. The molecule has 3 aromatic rings. The summed E-state index contributed by atoms with van der Waals surface area (Å²) in [5, 5.41) is 14.3. The monoisotopic (exact) mass is 484 g/mol. The number of piperidine rings is 1. The molecule has 1 aliphatic heterocycles. The summed E-state index contributed by atoms with van der Waals surface area (Å²) < 4.78 is 18.7. The van der Waals surface area contributed by atoms with Crippen molar-refractivity contribution in [2.24, 2.45) is 0 Å². The number of nitrogens with zero attached hydrogens (tertiary/aromatic N) is 1. The lowest BCUT2D eigenvalue weighted by molar-refractivity contribution is -0.267. The summed E-state index contributed by atoms with van der Waals surface area (Å²) in [5.41, 5.74) is 4.61. The van der Waals surface area contributed by atoms with Gasteiger partial charge in [0, 0.05) is 19.1 Å². The van der Waals surface area contributed by atoms with E-state index in [0.29, 0.717) is 11.4 Å². The molecule has 1 aliphatic rings. The zero-order chi connectivity index (χ0) is 23.0. The van der Waals surface area contributed by atoms with E-state index in [-0.39, 0.29) is 24.2 Å². The van der Waals surface area contributed by atoms with Gasteiger partial charge in [-0.1, -0.05) is 72.3 Å². The standard InChI is InChI=1S/C26H30N2O4S.H2O/c1-20-7-9-22(10-8-20)23-11-13-26(14-12-23)33(30)32-28-16-15-24(17-25(28)19-31-29)27-18-21-5-3-2-4-6-21;/h2-14,24-25,27,29H,15-19H2,1H3;1H2. The third-order valence-electron chi connectivity index (χ3n) is 5.96. The van der Waals surface area contributed by atoms with Gasteiger partial charge in [0.05, 0.1) is 17.5 Å². The van der Waals surface area contributed by atoms with Crippen molar-refractivity contribution in [2.75, 3.05) is 13.2 Å². The van der Waals surface area contributed by atoms with Crippen molar-refractivity contribution in [1.82, 2.24) is 10.4 Å². The smallest absolute Gasteiger partial charge is 0.206 e. The topological polar surface area (TPSA) is 103 Å². The molecule has 3 aromatic carbocycles. The van der Waals surface area contributed by atoms with E-state index >= 15 is 0 Å². The Hall–Kier alpha value is -2.43. The summed E-state index contributed by atoms with van der Waals surface area (Å²) in [6, 6.07) is 26.2. The second-order valence-corrected chi connectivity index (χ2v) is 9.47. The molecule has 0 aliphatic carbocycles. The van der Waals surface area contributed by atoms with Crippen LogP contribution in [0.1, 0.15) is 24.0 Å². The highest BCUT2D eigenvalue weighted by Crippen LogP contribution is 2.24. The summed E-state index contributed by atoms with van der Waals surface area (Å²) in [6.45, 7) is 3.52. The van der Waals surface area contributed by atoms with Gasteiger partial charge in [0.1, 0.15) is 0 Å². The molecule has 0 radical (unpaired) electrons. The minimum Gasteiger partial charge on any atom is -0.412 e. The van der Waals surface area contributed by atoms with Gasteiger partial charge in [-0.25, -0.2) is 9.10 Å². The molecular formula is C26H32N2O5S. The van der Waals surface area contributed by atoms with Crippen LogP contribution in [0, 0.1) is 6.92 Å². The van der Waals surface area contributed by atoms with Crippen LogP contribution in [0.3, 0.4) is 0 Å². The quantitative estimate of drug-likeness (QED) is 0.353. The zero-order valence-corrected chi connectivity index (χ0v) is 20.0. The maximum atomic E-state index is 12.9. The summed E-state index contributed by atoms with van der Waals surface area (Å²) in [6.07, 6.45) is 1.56. The first kappa shape index (κ1) is 26.2. The molecule has 1 fully saturated rings. The van der Waals surface area contributed by atoms with Crippen LogP contribution in [-0.4, -0.2) is 45.2 Å². The molecule has 4 N–H and O–H groups in total. The van der Waals surface area contributed by atoms with E-state index in [1.807, 2.05) is 42.5 Å². The van der Waals surface area contributed by atoms with Gasteiger partial charge in [-0.05, 0) is 48.6 Å². The predicted octanol–water partition coefficient (Wildman–Crippen LogP) is 3.90. The first-order chi connectivity index (χ1) is 16.1. The lowest BCUT2D eigenvalue weighted by Gasteiger charge is -2.37. The van der Waals surface area contributed by atoms with Gasteiger partial charge in [-0.15, -0.1) is 0 Å². The second-order valence-electron chi connectivity index (χ2n) is 8.38. The Bertz CT molecular complexity index is 1030. The lowest BCUT2D eigenvalue weighted by Crippen LogP contribution is -2.50. The number of hydrogen-bond donors (Lipinski definition) is 2. The van der Waals surface area contributed by atoms with Crippen LogP contribution >= 0.6 is 0 Å². The number of hydroxylamine groups is 2. The summed E-state index contributed by atoms with van der Waals surface area (Å²) >= 11 is -1.65. The van der Waals surface area contributed by atoms with E-state index in [0.717, 1.165) is 30.5 Å². The van der Waals surface area contributed by atoms with Gasteiger partial charge in [0.2, 0.25) is 11.1 Å². The van der Waals surface area contributed by atoms with Crippen molar-refractivity contribution in [2.45, 2.75) is 43.3 Å². The SMILES string of the molecule is Cc1ccc(-c2ccc(S(=O)ON3CCC(NCc4ccccc4)CC3COO)cc2)cc1.O. The average Bonchev–Trinajstić information content (AvgIpc) is 2.85. The third-order valence-corrected chi connectivity index (χ3v) is 6.95. The molecule has 7 nitrogen and oxygen atoms in total. The van der Waals surface area contributed by atoms with Gasteiger partial charge < -0.3 is 10.8 Å². The highest BCUT2D eigenvalue weighted by atomic mass is 32.2. The molecule has 1 heterocycles. The minimum atomic E-state index is -1.65. The van der Waals surface area contributed by atoms with Crippen LogP contribution in [0.5, 0.6) is 0 Å². The predicted molar refractivity (Wildman–Crippen MR) is 133 cm³/mol. The molecule has 182 valence electrons. The molecule has 0 amide bonds. The van der Waals surface area contributed by atoms with Crippen LogP contribution < -0.4 is 5.32 Å². The molecule has 8 heteroatoms. The summed E-state index contributed by atoms with van der Waals surface area (Å²) in [7, 11) is 0. The Morgan fingerprint density at radius 2 is 1.65 bits per heavy atom. The molecule has 0 saturated carbocycles. The van der Waals surface area contributed by atoms with Crippen LogP contribution in [-0.2, 0) is 26.8 Å². The fraction of sp³-hybridized carbons (Fsp3) is 0.308. The summed E-state index contributed by atoms with van der Waals surface area (Å²) in [4.78, 5) is 5.03. The number of nitrogens with one attached hydrogen (secondary N) is 1. The first-order valence-corrected chi connectivity index (χ1v) is 12.3. The molecule has 0 bridgehead atoms. The molecule has 1 saturated heterocycles. The van der Waals surface area contributed by atoms with E-state index in [1.165, 1.54) is 11.1 Å². The Labute approximate surface area is 203 Å². The molecule has 0 aromatic heterocycles. The van der Waals surface area contributed by atoms with Gasteiger partial charge in [0.15, 0.2) is 0 Å². The fourth-order valence-electron chi connectivity index (χ4n) is 4.04. The average molecular weight is 485 g/mol. The van der Waals surface area contributed by atoms with Gasteiger partial charge >= 0.3 is 0 Å². The van der Waals surface area contributed by atoms with Crippen molar-refractivity contribution >= 4 is 11.1 Å². The highest BCUT2D eigenvalue weighted by molar-refractivity contribution is 7.80. The van der Waals surface area contributed by atoms with E-state index in [1.54, 1.807) is 5.06 Å². The summed E-state index contributed by atoms with van der Waals surface area (Å²) in [5.74, 6) is 0. The third kappa shape index (κ3) is 7.04. The minimum absolute atomic E-state index is 0. The van der Waals surface area contributed by atoms with Crippen molar-refractivity contribution in [3.05, 3.63) is 90.0 Å². The maximum absolute atomic E-state index is 12.9. The Morgan fingerprint density at radius 3 is 2.29 bits per heavy atom. The molecule has 4 rings (SSSR count). The maximum Gasteiger partial charge on any atom is 0.206 e. The van der Waals surface area contributed by atoms with Gasteiger partial charge in [0.25, 0.3) is 0 Å². The van der Waals surface area contributed by atoms with Crippen LogP contribution in [0.25, 0.3) is 11.1 Å². The Balaban J connectivity index is 0.00000324. The highest BCUT2D eigenvalue weighted by Gasteiger charge is 2.31. The van der Waals surface area contributed by atoms with E-state index in [4.69, 9.17) is 9.54 Å². The van der Waals surface area contributed by atoms with E-state index in [9.17, 15) is 4.21 Å². The molecule has 34 heavy (non-hydrogen) atoms.